The Morgan fingerprint density at radius 1 is 1.09 bits per heavy atom. The fourth-order valence-electron chi connectivity index (χ4n) is 3.17. The van der Waals surface area contributed by atoms with Gasteiger partial charge in [0.2, 0.25) is 23.7 Å². The predicted octanol–water partition coefficient (Wildman–Crippen LogP) is 1.72. The Morgan fingerprint density at radius 3 is 2.62 bits per heavy atom. The van der Waals surface area contributed by atoms with Gasteiger partial charge in [0, 0.05) is 12.8 Å². The minimum atomic E-state index is -0.626. The van der Waals surface area contributed by atoms with Crippen molar-refractivity contribution in [1.29, 1.82) is 0 Å². The van der Waals surface area contributed by atoms with Gasteiger partial charge < -0.3 is 20.5 Å². The van der Waals surface area contributed by atoms with Crippen LogP contribution in [0.15, 0.2) is 48.5 Å². The zero-order valence-electron chi connectivity index (χ0n) is 18.1. The number of hydrazine groups is 1. The summed E-state index contributed by atoms with van der Waals surface area (Å²) in [6.07, 6.45) is 0.274. The fourth-order valence-corrected chi connectivity index (χ4v) is 3.17. The van der Waals surface area contributed by atoms with Crippen molar-refractivity contribution in [2.75, 3.05) is 23.2 Å². The van der Waals surface area contributed by atoms with Gasteiger partial charge in [-0.15, -0.1) is 0 Å². The van der Waals surface area contributed by atoms with E-state index in [9.17, 15) is 14.4 Å². The lowest BCUT2D eigenvalue weighted by molar-refractivity contribution is -0.130. The monoisotopic (exact) mass is 463 g/mol. The number of nitrogen functional groups attached to an aromatic ring is 1. The van der Waals surface area contributed by atoms with E-state index < -0.39 is 5.97 Å². The molecular weight excluding hydrogens is 442 g/mol. The number of hydrogen-bond acceptors (Lipinski definition) is 10. The van der Waals surface area contributed by atoms with E-state index in [1.54, 1.807) is 19.2 Å². The number of nitrogens with zero attached hydrogens (tertiary/aromatic N) is 4. The van der Waals surface area contributed by atoms with Crippen LogP contribution < -0.4 is 26.2 Å². The summed E-state index contributed by atoms with van der Waals surface area (Å²) in [7, 11) is 1.54. The second kappa shape index (κ2) is 9.81. The molecule has 12 nitrogen and oxygen atoms in total. The maximum Gasteiger partial charge on any atom is 0.338 e. The predicted molar refractivity (Wildman–Crippen MR) is 121 cm³/mol. The van der Waals surface area contributed by atoms with Crippen LogP contribution in [0.1, 0.15) is 29.0 Å². The number of hydrogen-bond donors (Lipinski definition) is 3. The van der Waals surface area contributed by atoms with Crippen LogP contribution in [-0.4, -0.2) is 39.8 Å². The molecule has 1 saturated heterocycles. The fraction of sp³-hybridized carbons (Fsp3) is 0.182. The molecule has 2 heterocycles. The summed E-state index contributed by atoms with van der Waals surface area (Å²) in [6.45, 7) is -0.241. The van der Waals surface area contributed by atoms with Gasteiger partial charge in [0.1, 0.15) is 5.75 Å². The number of carbonyl (C=O) groups excluding carboxylic acids is 3. The molecule has 2 aromatic carbocycles. The van der Waals surface area contributed by atoms with Crippen LogP contribution in [0, 0.1) is 0 Å². The highest BCUT2D eigenvalue weighted by Crippen LogP contribution is 2.25. The van der Waals surface area contributed by atoms with Crippen LogP contribution in [0.5, 0.6) is 5.75 Å². The molecule has 174 valence electrons. The van der Waals surface area contributed by atoms with E-state index in [0.29, 0.717) is 17.1 Å². The van der Waals surface area contributed by atoms with E-state index >= 15 is 0 Å². The van der Waals surface area contributed by atoms with Gasteiger partial charge in [0.05, 0.1) is 24.0 Å². The summed E-state index contributed by atoms with van der Waals surface area (Å²) in [5, 5.41) is 4.16. The lowest BCUT2D eigenvalue weighted by Crippen LogP contribution is -2.50. The molecule has 0 saturated carbocycles. The van der Waals surface area contributed by atoms with Crippen molar-refractivity contribution in [3.8, 4) is 5.75 Å². The number of rotatable bonds is 7. The van der Waals surface area contributed by atoms with Crippen molar-refractivity contribution in [2.24, 2.45) is 0 Å². The minimum absolute atomic E-state index is 0.0453. The van der Waals surface area contributed by atoms with Crippen molar-refractivity contribution in [3.63, 3.8) is 0 Å². The number of ether oxygens (including phenoxy) is 2. The molecule has 2 amide bonds. The third-order valence-corrected chi connectivity index (χ3v) is 4.80. The summed E-state index contributed by atoms with van der Waals surface area (Å²) < 4.78 is 10.6. The van der Waals surface area contributed by atoms with Gasteiger partial charge in [-0.1, -0.05) is 12.1 Å². The van der Waals surface area contributed by atoms with Gasteiger partial charge in [-0.2, -0.15) is 15.0 Å². The Hall–Kier alpha value is -4.74. The average molecular weight is 463 g/mol. The number of nitrogens with two attached hydrogens (primary N) is 1. The SMILES string of the molecule is COc1ccccc1Nc1nc(N)nc(COC(=O)c2ccc(N3NC(=O)CCC3=O)cc2)n1. The molecule has 4 rings (SSSR count). The maximum atomic E-state index is 12.5. The van der Waals surface area contributed by atoms with Gasteiger partial charge in [-0.25, -0.2) is 9.80 Å². The number of amides is 2. The molecule has 0 bridgehead atoms. The molecule has 0 spiro atoms. The highest BCUT2D eigenvalue weighted by atomic mass is 16.5. The summed E-state index contributed by atoms with van der Waals surface area (Å²) in [5.41, 5.74) is 9.58. The van der Waals surface area contributed by atoms with Crippen molar-refractivity contribution < 1.29 is 23.9 Å². The Balaban J connectivity index is 1.41. The number of methoxy groups -OCH3 is 1. The van der Waals surface area contributed by atoms with Gasteiger partial charge in [0.15, 0.2) is 12.4 Å². The Morgan fingerprint density at radius 2 is 1.85 bits per heavy atom. The van der Waals surface area contributed by atoms with Crippen LogP contribution in [0.3, 0.4) is 0 Å². The molecule has 0 radical (unpaired) electrons. The second-order valence-electron chi connectivity index (χ2n) is 7.15. The van der Waals surface area contributed by atoms with Crippen LogP contribution in [0.25, 0.3) is 0 Å². The third kappa shape index (κ3) is 5.18. The highest BCUT2D eigenvalue weighted by Gasteiger charge is 2.24. The lowest BCUT2D eigenvalue weighted by Gasteiger charge is -2.27. The third-order valence-electron chi connectivity index (χ3n) is 4.80. The number of anilines is 4. The van der Waals surface area contributed by atoms with E-state index in [-0.39, 0.29) is 54.5 Å². The average Bonchev–Trinajstić information content (AvgIpc) is 2.84. The zero-order valence-corrected chi connectivity index (χ0v) is 18.1. The summed E-state index contributed by atoms with van der Waals surface area (Å²) >= 11 is 0. The highest BCUT2D eigenvalue weighted by molar-refractivity contribution is 6.01. The molecule has 34 heavy (non-hydrogen) atoms. The summed E-state index contributed by atoms with van der Waals surface area (Å²) in [5.74, 6) is -0.255. The molecule has 4 N–H and O–H groups in total. The van der Waals surface area contributed by atoms with Crippen molar-refractivity contribution in [1.82, 2.24) is 20.4 Å². The molecular formula is C22H21N7O5. The van der Waals surface area contributed by atoms with Crippen LogP contribution >= 0.6 is 0 Å². The van der Waals surface area contributed by atoms with Crippen LogP contribution in [0.2, 0.25) is 0 Å². The van der Waals surface area contributed by atoms with Crippen molar-refractivity contribution in [3.05, 3.63) is 59.9 Å². The molecule has 1 aliphatic heterocycles. The molecule has 1 aliphatic rings. The number of esters is 1. The second-order valence-corrected chi connectivity index (χ2v) is 7.15. The number of para-hydroxylation sites is 2. The van der Waals surface area contributed by atoms with Crippen molar-refractivity contribution in [2.45, 2.75) is 19.4 Å². The molecule has 1 aromatic heterocycles. The van der Waals surface area contributed by atoms with Crippen LogP contribution in [0.4, 0.5) is 23.3 Å². The van der Waals surface area contributed by atoms with E-state index in [0.717, 1.165) is 5.01 Å². The maximum absolute atomic E-state index is 12.5. The smallest absolute Gasteiger partial charge is 0.338 e. The first kappa shape index (κ1) is 22.5. The Labute approximate surface area is 194 Å². The Bertz CT molecular complexity index is 1230. The summed E-state index contributed by atoms with van der Waals surface area (Å²) in [4.78, 5) is 48.3. The van der Waals surface area contributed by atoms with Crippen LogP contribution in [-0.2, 0) is 20.9 Å². The molecule has 0 aliphatic carbocycles. The van der Waals surface area contributed by atoms with E-state index in [1.807, 2.05) is 12.1 Å². The van der Waals surface area contributed by atoms with Gasteiger partial charge in [0.25, 0.3) is 0 Å². The molecule has 12 heteroatoms. The minimum Gasteiger partial charge on any atom is -0.495 e. The number of aromatic nitrogens is 3. The number of benzene rings is 2. The largest absolute Gasteiger partial charge is 0.495 e. The van der Waals surface area contributed by atoms with Crippen molar-refractivity contribution >= 4 is 41.1 Å². The standard InChI is InChI=1S/C22H21N7O5/c1-33-16-5-3-2-4-15(16)24-22-26-17(25-21(23)27-22)12-34-20(32)13-6-8-14(9-7-13)29-19(31)11-10-18(30)28-29/h2-9H,10-12H2,1H3,(H,28,30)(H3,23,24,25,26,27). The first-order valence-electron chi connectivity index (χ1n) is 10.2. The molecule has 0 atom stereocenters. The van der Waals surface area contributed by atoms with Gasteiger partial charge in [-0.05, 0) is 36.4 Å². The number of carbonyl (C=O) groups is 3. The molecule has 0 unspecified atom stereocenters. The summed E-state index contributed by atoms with van der Waals surface area (Å²) in [6, 6.07) is 13.2. The van der Waals surface area contributed by atoms with Gasteiger partial charge in [-0.3, -0.25) is 15.0 Å². The lowest BCUT2D eigenvalue weighted by atomic mass is 10.2. The normalized spacial score (nSPS) is 13.3. The molecule has 3 aromatic rings. The van der Waals surface area contributed by atoms with Gasteiger partial charge >= 0.3 is 5.97 Å². The first-order valence-corrected chi connectivity index (χ1v) is 10.2. The van der Waals surface area contributed by atoms with E-state index in [4.69, 9.17) is 15.2 Å². The molecule has 1 fully saturated rings. The Kier molecular flexibility index (Phi) is 6.48. The quantitative estimate of drug-likeness (QED) is 0.440. The number of nitrogens with one attached hydrogen (secondary N) is 2. The zero-order chi connectivity index (χ0) is 24.1. The van der Waals surface area contributed by atoms with E-state index in [1.165, 1.54) is 24.3 Å². The van der Waals surface area contributed by atoms with E-state index in [2.05, 4.69) is 25.7 Å². The topological polar surface area (TPSA) is 162 Å². The first-order chi connectivity index (χ1) is 16.4.